The van der Waals surface area contributed by atoms with E-state index in [4.69, 9.17) is 4.74 Å². The van der Waals surface area contributed by atoms with Gasteiger partial charge in [0.25, 0.3) is 0 Å². The van der Waals surface area contributed by atoms with Crippen LogP contribution in [0, 0.1) is 12.8 Å². The maximum Gasteiger partial charge on any atom is 0.132 e. The summed E-state index contributed by atoms with van der Waals surface area (Å²) in [4.78, 5) is 2.20. The topological polar surface area (TPSA) is 41.5 Å². The van der Waals surface area contributed by atoms with Crippen LogP contribution in [0.1, 0.15) is 12.5 Å². The van der Waals surface area contributed by atoms with Crippen LogP contribution >= 0.6 is 23.5 Å². The average Bonchev–Trinajstić information content (AvgIpc) is 2.84. The van der Waals surface area contributed by atoms with Gasteiger partial charge in [-0.3, -0.25) is 0 Å². The summed E-state index contributed by atoms with van der Waals surface area (Å²) in [6.45, 7) is 5.84. The van der Waals surface area contributed by atoms with Crippen molar-refractivity contribution in [3.05, 3.63) is 48.0 Å². The molecule has 0 aliphatic carbocycles. The van der Waals surface area contributed by atoms with E-state index in [0.717, 1.165) is 34.3 Å². The largest absolute Gasteiger partial charge is 0.507 e. The van der Waals surface area contributed by atoms with E-state index in [-0.39, 0.29) is 0 Å². The van der Waals surface area contributed by atoms with Crippen LogP contribution in [0.15, 0.2) is 52.3 Å². The van der Waals surface area contributed by atoms with Crippen molar-refractivity contribution in [2.24, 2.45) is 5.92 Å². The van der Waals surface area contributed by atoms with Crippen LogP contribution in [-0.2, 0) is 0 Å². The second-order valence-electron chi connectivity index (χ2n) is 6.51. The normalized spacial score (nSPS) is 18.1. The zero-order valence-electron chi connectivity index (χ0n) is 14.7. The standard InChI is InChI=1S/C20H25NO2S2/c1-14(12-24-19-9-5-6-15(2)20(19)22)10-21-16-11-23-17-7-3-4-8-18(17)25-13-16/h3-9,14,16,21-22H,10-13H2,1-2H3/t14-,16?/m1/s1. The van der Waals surface area contributed by atoms with Crippen molar-refractivity contribution >= 4 is 23.5 Å². The number of thioether (sulfide) groups is 2. The number of fused-ring (bicyclic) bond motifs is 1. The molecule has 1 aliphatic rings. The molecule has 0 fully saturated rings. The number of phenols is 1. The van der Waals surface area contributed by atoms with Gasteiger partial charge in [-0.2, -0.15) is 0 Å². The molecule has 2 aromatic carbocycles. The highest BCUT2D eigenvalue weighted by Gasteiger charge is 2.18. The first-order chi connectivity index (χ1) is 12.1. The fourth-order valence-corrected chi connectivity index (χ4v) is 4.74. The number of rotatable bonds is 6. The lowest BCUT2D eigenvalue weighted by atomic mass is 10.2. The Balaban J connectivity index is 1.43. The number of aromatic hydroxyl groups is 1. The molecule has 134 valence electrons. The van der Waals surface area contributed by atoms with Crippen molar-refractivity contribution in [1.82, 2.24) is 5.32 Å². The van der Waals surface area contributed by atoms with Gasteiger partial charge in [0.15, 0.2) is 0 Å². The van der Waals surface area contributed by atoms with E-state index in [0.29, 0.717) is 24.3 Å². The molecule has 1 unspecified atom stereocenters. The SMILES string of the molecule is Cc1cccc(SC[C@H](C)CNC2COc3ccccc3SC2)c1O. The Labute approximate surface area is 158 Å². The molecular weight excluding hydrogens is 350 g/mol. The van der Waals surface area contributed by atoms with E-state index in [1.54, 1.807) is 11.8 Å². The van der Waals surface area contributed by atoms with E-state index in [9.17, 15) is 5.11 Å². The van der Waals surface area contributed by atoms with Gasteiger partial charge in [-0.1, -0.05) is 31.2 Å². The molecule has 0 saturated heterocycles. The average molecular weight is 376 g/mol. The van der Waals surface area contributed by atoms with E-state index in [1.165, 1.54) is 4.90 Å². The lowest BCUT2D eigenvalue weighted by Crippen LogP contribution is -2.39. The van der Waals surface area contributed by atoms with Gasteiger partial charge in [-0.05, 0) is 43.1 Å². The third-order valence-corrected chi connectivity index (χ3v) is 6.80. The van der Waals surface area contributed by atoms with Crippen LogP contribution in [0.5, 0.6) is 11.5 Å². The zero-order chi connectivity index (χ0) is 17.6. The Morgan fingerprint density at radius 2 is 2.12 bits per heavy atom. The molecule has 2 N–H and O–H groups in total. The zero-order valence-corrected chi connectivity index (χ0v) is 16.3. The van der Waals surface area contributed by atoms with Gasteiger partial charge in [0.05, 0.1) is 6.04 Å². The van der Waals surface area contributed by atoms with Crippen molar-refractivity contribution in [1.29, 1.82) is 0 Å². The Bertz CT molecular complexity index is 681. The van der Waals surface area contributed by atoms with Crippen LogP contribution in [0.4, 0.5) is 0 Å². The van der Waals surface area contributed by atoms with Gasteiger partial charge >= 0.3 is 0 Å². The van der Waals surface area contributed by atoms with Crippen molar-refractivity contribution < 1.29 is 9.84 Å². The lowest BCUT2D eigenvalue weighted by Gasteiger charge is -2.19. The van der Waals surface area contributed by atoms with Gasteiger partial charge in [-0.25, -0.2) is 0 Å². The molecule has 0 radical (unpaired) electrons. The van der Waals surface area contributed by atoms with Crippen LogP contribution in [-0.4, -0.2) is 35.8 Å². The minimum atomic E-state index is 0.359. The molecule has 0 aromatic heterocycles. The number of aryl methyl sites for hydroxylation is 1. The summed E-state index contributed by atoms with van der Waals surface area (Å²) in [6.07, 6.45) is 0. The molecule has 0 saturated carbocycles. The molecule has 1 heterocycles. The van der Waals surface area contributed by atoms with Gasteiger partial charge in [0.1, 0.15) is 18.1 Å². The minimum Gasteiger partial charge on any atom is -0.507 e. The van der Waals surface area contributed by atoms with Crippen LogP contribution in [0.3, 0.4) is 0 Å². The van der Waals surface area contributed by atoms with Crippen LogP contribution in [0.25, 0.3) is 0 Å². The molecule has 2 atom stereocenters. The smallest absolute Gasteiger partial charge is 0.132 e. The summed E-state index contributed by atoms with van der Waals surface area (Å²) in [5.41, 5.74) is 0.933. The Morgan fingerprint density at radius 3 is 3.00 bits per heavy atom. The Morgan fingerprint density at radius 1 is 1.28 bits per heavy atom. The molecule has 0 bridgehead atoms. The molecule has 0 amide bonds. The number of ether oxygens (including phenoxy) is 1. The molecular formula is C20H25NO2S2. The van der Waals surface area contributed by atoms with E-state index >= 15 is 0 Å². The minimum absolute atomic E-state index is 0.359. The highest BCUT2D eigenvalue weighted by molar-refractivity contribution is 7.99. The van der Waals surface area contributed by atoms with E-state index in [2.05, 4.69) is 24.4 Å². The lowest BCUT2D eigenvalue weighted by molar-refractivity contribution is 0.270. The Hall–Kier alpha value is -1.30. The van der Waals surface area contributed by atoms with Crippen molar-refractivity contribution in [3.8, 4) is 11.5 Å². The molecule has 2 aromatic rings. The third-order valence-electron chi connectivity index (χ3n) is 4.21. The number of hydrogen-bond acceptors (Lipinski definition) is 5. The van der Waals surface area contributed by atoms with Gasteiger partial charge in [-0.15, -0.1) is 23.5 Å². The summed E-state index contributed by atoms with van der Waals surface area (Å²) in [6, 6.07) is 14.5. The van der Waals surface area contributed by atoms with Gasteiger partial charge < -0.3 is 15.2 Å². The molecule has 5 heteroatoms. The second kappa shape index (κ2) is 8.88. The quantitative estimate of drug-likeness (QED) is 0.724. The Kier molecular flexibility index (Phi) is 6.57. The molecule has 1 aliphatic heterocycles. The predicted octanol–water partition coefficient (Wildman–Crippen LogP) is 4.57. The van der Waals surface area contributed by atoms with Crippen molar-refractivity contribution in [2.75, 3.05) is 24.7 Å². The molecule has 25 heavy (non-hydrogen) atoms. The summed E-state index contributed by atoms with van der Waals surface area (Å²) in [7, 11) is 0. The maximum atomic E-state index is 10.1. The number of benzene rings is 2. The fraction of sp³-hybridized carbons (Fsp3) is 0.400. The highest BCUT2D eigenvalue weighted by atomic mass is 32.2. The number of hydrogen-bond donors (Lipinski definition) is 2. The summed E-state index contributed by atoms with van der Waals surface area (Å²) in [5, 5.41) is 13.7. The molecule has 3 nitrogen and oxygen atoms in total. The monoisotopic (exact) mass is 375 g/mol. The number of nitrogens with one attached hydrogen (secondary N) is 1. The van der Waals surface area contributed by atoms with Crippen molar-refractivity contribution in [2.45, 2.75) is 29.7 Å². The highest BCUT2D eigenvalue weighted by Crippen LogP contribution is 2.33. The first-order valence-electron chi connectivity index (χ1n) is 8.63. The van der Waals surface area contributed by atoms with Crippen molar-refractivity contribution in [3.63, 3.8) is 0 Å². The van der Waals surface area contributed by atoms with E-state index < -0.39 is 0 Å². The predicted molar refractivity (Wildman–Crippen MR) is 107 cm³/mol. The first-order valence-corrected chi connectivity index (χ1v) is 10.6. The molecule has 0 spiro atoms. The van der Waals surface area contributed by atoms with Crippen LogP contribution < -0.4 is 10.1 Å². The summed E-state index contributed by atoms with van der Waals surface area (Å²) >= 11 is 3.58. The third kappa shape index (κ3) is 5.09. The summed E-state index contributed by atoms with van der Waals surface area (Å²) < 4.78 is 5.93. The number of para-hydroxylation sites is 2. The van der Waals surface area contributed by atoms with E-state index in [1.807, 2.05) is 49.0 Å². The van der Waals surface area contributed by atoms with Gasteiger partial charge in [0.2, 0.25) is 0 Å². The molecule has 3 rings (SSSR count). The number of phenolic OH excluding ortho intramolecular Hbond substituents is 1. The van der Waals surface area contributed by atoms with Gasteiger partial charge in [0, 0.05) is 21.3 Å². The fourth-order valence-electron chi connectivity index (χ4n) is 2.64. The maximum absolute atomic E-state index is 10.1. The van der Waals surface area contributed by atoms with Crippen LogP contribution in [0.2, 0.25) is 0 Å². The summed E-state index contributed by atoms with van der Waals surface area (Å²) in [5.74, 6) is 3.93. The second-order valence-corrected chi connectivity index (χ2v) is 8.64. The first kappa shape index (κ1) is 18.5.